The van der Waals surface area contributed by atoms with Gasteiger partial charge in [0.15, 0.2) is 0 Å². The van der Waals surface area contributed by atoms with Crippen molar-refractivity contribution in [2.75, 3.05) is 24.5 Å². The van der Waals surface area contributed by atoms with Crippen molar-refractivity contribution in [3.8, 4) is 5.75 Å². The fourth-order valence-electron chi connectivity index (χ4n) is 3.83. The Balaban J connectivity index is 2.04. The number of halogens is 1. The molecule has 0 aliphatic carbocycles. The molecule has 10 heteroatoms. The molecule has 0 aliphatic heterocycles. The number of benzene rings is 3. The predicted molar refractivity (Wildman–Crippen MR) is 151 cm³/mol. The zero-order valence-corrected chi connectivity index (χ0v) is 24.0. The van der Waals surface area contributed by atoms with Crippen LogP contribution in [0.5, 0.6) is 5.75 Å². The van der Waals surface area contributed by atoms with E-state index in [0.29, 0.717) is 12.3 Å². The Morgan fingerprint density at radius 1 is 0.974 bits per heavy atom. The van der Waals surface area contributed by atoms with Crippen molar-refractivity contribution in [3.63, 3.8) is 0 Å². The molecule has 0 aromatic heterocycles. The van der Waals surface area contributed by atoms with Crippen LogP contribution >= 0.6 is 15.9 Å². The number of para-hydroxylation sites is 2. The smallest absolute Gasteiger partial charge is 0.264 e. The number of methoxy groups -OCH3 is 1. The van der Waals surface area contributed by atoms with E-state index in [9.17, 15) is 18.0 Å². The van der Waals surface area contributed by atoms with Gasteiger partial charge in [0.05, 0.1) is 17.7 Å². The molecule has 3 aromatic carbocycles. The molecule has 0 unspecified atom stereocenters. The summed E-state index contributed by atoms with van der Waals surface area (Å²) in [7, 11) is -2.72. The number of hydrogen-bond donors (Lipinski definition) is 1. The Kier molecular flexibility index (Phi) is 10.3. The molecule has 3 rings (SSSR count). The number of rotatable bonds is 12. The number of anilines is 1. The number of ether oxygens (including phenoxy) is 1. The number of hydrogen-bond acceptors (Lipinski definition) is 5. The molecule has 0 spiro atoms. The molecule has 0 heterocycles. The lowest BCUT2D eigenvalue weighted by Gasteiger charge is -2.32. The van der Waals surface area contributed by atoms with Crippen LogP contribution in [0.3, 0.4) is 0 Å². The number of sulfonamides is 1. The van der Waals surface area contributed by atoms with E-state index in [2.05, 4.69) is 21.2 Å². The molecule has 0 bridgehead atoms. The van der Waals surface area contributed by atoms with Gasteiger partial charge in [0, 0.05) is 17.6 Å². The van der Waals surface area contributed by atoms with Gasteiger partial charge in [-0.15, -0.1) is 0 Å². The molecule has 1 N–H and O–H groups in total. The lowest BCUT2D eigenvalue weighted by Crippen LogP contribution is -2.51. The van der Waals surface area contributed by atoms with Crippen molar-refractivity contribution >= 4 is 43.5 Å². The summed E-state index contributed by atoms with van der Waals surface area (Å²) in [5.74, 6) is -0.544. The summed E-state index contributed by atoms with van der Waals surface area (Å²) in [5.41, 5.74) is 1.02. The minimum absolute atomic E-state index is 0.0342. The second kappa shape index (κ2) is 13.4. The zero-order valence-electron chi connectivity index (χ0n) is 21.6. The highest BCUT2D eigenvalue weighted by molar-refractivity contribution is 9.10. The van der Waals surface area contributed by atoms with Crippen LogP contribution in [-0.2, 0) is 26.2 Å². The molecule has 0 fully saturated rings. The maximum Gasteiger partial charge on any atom is 0.264 e. The van der Waals surface area contributed by atoms with Gasteiger partial charge < -0.3 is 15.0 Å². The number of amides is 2. The first kappa shape index (κ1) is 29.2. The Hall–Kier alpha value is -3.37. The summed E-state index contributed by atoms with van der Waals surface area (Å²) in [5, 5.41) is 2.83. The van der Waals surface area contributed by atoms with Gasteiger partial charge in [0.1, 0.15) is 18.3 Å². The molecule has 8 nitrogen and oxygen atoms in total. The van der Waals surface area contributed by atoms with Gasteiger partial charge >= 0.3 is 0 Å². The monoisotopic (exact) mass is 601 g/mol. The van der Waals surface area contributed by atoms with Gasteiger partial charge in [0.25, 0.3) is 10.0 Å². The number of nitrogens with one attached hydrogen (secondary N) is 1. The van der Waals surface area contributed by atoms with Crippen LogP contribution in [0.25, 0.3) is 0 Å². The van der Waals surface area contributed by atoms with Crippen LogP contribution < -0.4 is 14.4 Å². The molecule has 38 heavy (non-hydrogen) atoms. The second-order valence-corrected chi connectivity index (χ2v) is 11.4. The molecule has 0 aliphatic rings. The average Bonchev–Trinajstić information content (AvgIpc) is 2.94. The summed E-state index contributed by atoms with van der Waals surface area (Å²) >= 11 is 3.41. The van der Waals surface area contributed by atoms with E-state index in [-0.39, 0.29) is 23.0 Å². The van der Waals surface area contributed by atoms with Crippen molar-refractivity contribution in [2.45, 2.75) is 37.8 Å². The highest BCUT2D eigenvalue weighted by Gasteiger charge is 2.33. The molecule has 3 aromatic rings. The van der Waals surface area contributed by atoms with Crippen molar-refractivity contribution < 1.29 is 22.7 Å². The topological polar surface area (TPSA) is 96.0 Å². The van der Waals surface area contributed by atoms with Crippen LogP contribution in [0, 0.1) is 0 Å². The predicted octanol–water partition coefficient (Wildman–Crippen LogP) is 4.60. The third-order valence-electron chi connectivity index (χ3n) is 5.95. The van der Waals surface area contributed by atoms with Crippen LogP contribution in [0.4, 0.5) is 5.69 Å². The Bertz CT molecular complexity index is 1330. The quantitative estimate of drug-likeness (QED) is 0.327. The standard InChI is InChI=1S/C28H32BrN3O5S/c1-4-18-30-28(34)21(2)31(19-22-14-16-23(29)17-15-22)27(33)20-32(25-12-8-9-13-26(25)37-3)38(35,36)24-10-6-5-7-11-24/h5-17,21H,4,18-20H2,1-3H3,(H,30,34)/t21-/m0/s1. The van der Waals surface area contributed by atoms with E-state index >= 15 is 0 Å². The van der Waals surface area contributed by atoms with Crippen molar-refractivity contribution in [3.05, 3.63) is 88.9 Å². The molecule has 202 valence electrons. The van der Waals surface area contributed by atoms with Crippen LogP contribution in [-0.4, -0.2) is 51.4 Å². The van der Waals surface area contributed by atoms with Crippen molar-refractivity contribution in [2.24, 2.45) is 0 Å². The third kappa shape index (κ3) is 7.14. The highest BCUT2D eigenvalue weighted by Crippen LogP contribution is 2.32. The van der Waals surface area contributed by atoms with E-state index in [1.807, 2.05) is 31.2 Å². The third-order valence-corrected chi connectivity index (χ3v) is 8.25. The van der Waals surface area contributed by atoms with E-state index in [0.717, 1.165) is 20.8 Å². The van der Waals surface area contributed by atoms with Gasteiger partial charge in [-0.25, -0.2) is 8.42 Å². The molecule has 0 radical (unpaired) electrons. The minimum Gasteiger partial charge on any atom is -0.495 e. The van der Waals surface area contributed by atoms with E-state index in [1.54, 1.807) is 49.4 Å². The maximum absolute atomic E-state index is 13.9. The fraction of sp³-hybridized carbons (Fsp3) is 0.286. The van der Waals surface area contributed by atoms with Gasteiger partial charge in [-0.05, 0) is 55.3 Å². The van der Waals surface area contributed by atoms with Crippen molar-refractivity contribution in [1.29, 1.82) is 0 Å². The SMILES string of the molecule is CCCNC(=O)[C@H](C)N(Cc1ccc(Br)cc1)C(=O)CN(c1ccccc1OC)S(=O)(=O)c1ccccc1. The average molecular weight is 603 g/mol. The zero-order chi connectivity index (χ0) is 27.7. The van der Waals surface area contributed by atoms with E-state index in [1.165, 1.54) is 24.1 Å². The Morgan fingerprint density at radius 2 is 1.61 bits per heavy atom. The minimum atomic E-state index is -4.15. The summed E-state index contributed by atoms with van der Waals surface area (Å²) in [4.78, 5) is 28.2. The van der Waals surface area contributed by atoms with Crippen LogP contribution in [0.15, 0.2) is 88.2 Å². The van der Waals surface area contributed by atoms with Gasteiger partial charge in [-0.3, -0.25) is 13.9 Å². The first-order valence-corrected chi connectivity index (χ1v) is 14.4. The second-order valence-electron chi connectivity index (χ2n) is 8.61. The first-order valence-electron chi connectivity index (χ1n) is 12.2. The van der Waals surface area contributed by atoms with E-state index in [4.69, 9.17) is 4.74 Å². The molecule has 2 amide bonds. The Labute approximate surface area is 232 Å². The van der Waals surface area contributed by atoms with E-state index < -0.39 is 28.5 Å². The van der Waals surface area contributed by atoms with Gasteiger partial charge in [-0.2, -0.15) is 0 Å². The summed E-state index contributed by atoms with van der Waals surface area (Å²) in [6.45, 7) is 3.65. The maximum atomic E-state index is 13.9. The van der Waals surface area contributed by atoms with Crippen molar-refractivity contribution in [1.82, 2.24) is 10.2 Å². The number of carbonyl (C=O) groups is 2. The van der Waals surface area contributed by atoms with Gasteiger partial charge in [0.2, 0.25) is 11.8 Å². The fourth-order valence-corrected chi connectivity index (χ4v) is 5.54. The highest BCUT2D eigenvalue weighted by atomic mass is 79.9. The van der Waals surface area contributed by atoms with Crippen LogP contribution in [0.1, 0.15) is 25.8 Å². The first-order chi connectivity index (χ1) is 18.2. The molecule has 0 saturated heterocycles. The summed E-state index contributed by atoms with van der Waals surface area (Å²) in [6.07, 6.45) is 0.746. The van der Waals surface area contributed by atoms with Crippen LogP contribution in [0.2, 0.25) is 0 Å². The van der Waals surface area contributed by atoms with Gasteiger partial charge in [-0.1, -0.05) is 65.3 Å². The summed E-state index contributed by atoms with van der Waals surface area (Å²) in [6, 6.07) is 21.1. The Morgan fingerprint density at radius 3 is 2.24 bits per heavy atom. The molecule has 1 atom stereocenters. The normalized spacial score (nSPS) is 11.9. The molecular formula is C28H32BrN3O5S. The number of nitrogens with zero attached hydrogens (tertiary/aromatic N) is 2. The lowest BCUT2D eigenvalue weighted by atomic mass is 10.1. The molecular weight excluding hydrogens is 570 g/mol. The molecule has 0 saturated carbocycles. The summed E-state index contributed by atoms with van der Waals surface area (Å²) < 4.78 is 35.0. The number of carbonyl (C=O) groups excluding carboxylic acids is 2. The lowest BCUT2D eigenvalue weighted by molar-refractivity contribution is -0.139. The largest absolute Gasteiger partial charge is 0.495 e.